The van der Waals surface area contributed by atoms with Crippen LogP contribution in [0.15, 0.2) is 30.3 Å². The van der Waals surface area contributed by atoms with Crippen molar-refractivity contribution in [2.45, 2.75) is 50.8 Å². The number of amides is 1. The molecule has 1 unspecified atom stereocenters. The first kappa shape index (κ1) is 21.3. The minimum Gasteiger partial charge on any atom is -0.337 e. The number of rotatable bonds is 7. The van der Waals surface area contributed by atoms with Crippen LogP contribution in [0.5, 0.6) is 0 Å². The number of hydrogen-bond acceptors (Lipinski definition) is 4. The summed E-state index contributed by atoms with van der Waals surface area (Å²) in [5.74, 6) is 0.0679. The van der Waals surface area contributed by atoms with Crippen LogP contribution < -0.4 is 0 Å². The number of nitrogens with zero attached hydrogens (tertiary/aromatic N) is 3. The first-order valence-corrected chi connectivity index (χ1v) is 12.1. The van der Waals surface area contributed by atoms with Gasteiger partial charge in [-0.05, 0) is 44.3 Å². The van der Waals surface area contributed by atoms with Gasteiger partial charge < -0.3 is 9.80 Å². The van der Waals surface area contributed by atoms with Crippen molar-refractivity contribution in [3.8, 4) is 0 Å². The molecule has 0 N–H and O–H groups in total. The maximum absolute atomic E-state index is 12.9. The molecule has 0 saturated carbocycles. The highest BCUT2D eigenvalue weighted by atomic mass is 32.2. The number of hydrogen-bond donors (Lipinski definition) is 0. The third-order valence-electron chi connectivity index (χ3n) is 5.90. The Morgan fingerprint density at radius 1 is 1.07 bits per heavy atom. The Bertz CT molecular complexity index is 733. The highest BCUT2D eigenvalue weighted by Gasteiger charge is 2.33. The van der Waals surface area contributed by atoms with Crippen molar-refractivity contribution in [2.75, 3.05) is 39.3 Å². The summed E-state index contributed by atoms with van der Waals surface area (Å²) >= 11 is 0. The Morgan fingerprint density at radius 2 is 1.79 bits per heavy atom. The van der Waals surface area contributed by atoms with Gasteiger partial charge in [-0.2, -0.15) is 4.31 Å². The number of carbonyl (C=O) groups is 1. The lowest BCUT2D eigenvalue weighted by molar-refractivity contribution is -0.132. The summed E-state index contributed by atoms with van der Waals surface area (Å²) in [6.45, 7) is 6.34. The molecule has 0 spiro atoms. The molecule has 0 radical (unpaired) electrons. The molecule has 1 aromatic rings. The van der Waals surface area contributed by atoms with E-state index in [9.17, 15) is 13.2 Å². The Kier molecular flexibility index (Phi) is 7.48. The minimum atomic E-state index is -3.38. The minimum absolute atomic E-state index is 0.0222. The number of piperidine rings is 2. The van der Waals surface area contributed by atoms with Crippen molar-refractivity contribution in [3.05, 3.63) is 35.9 Å². The second-order valence-electron chi connectivity index (χ2n) is 8.01. The van der Waals surface area contributed by atoms with E-state index >= 15 is 0 Å². The van der Waals surface area contributed by atoms with Gasteiger partial charge in [-0.3, -0.25) is 4.79 Å². The zero-order valence-corrected chi connectivity index (χ0v) is 17.7. The van der Waals surface area contributed by atoms with Gasteiger partial charge in [0.15, 0.2) is 0 Å². The van der Waals surface area contributed by atoms with Gasteiger partial charge in [0.2, 0.25) is 15.9 Å². The molecule has 0 bridgehead atoms. The molecule has 2 fully saturated rings. The number of carbonyl (C=O) groups excluding carboxylic acids is 1. The summed E-state index contributed by atoms with van der Waals surface area (Å²) in [6.07, 6.45) is 5.43. The molecule has 3 rings (SSSR count). The first-order valence-electron chi connectivity index (χ1n) is 10.5. The summed E-state index contributed by atoms with van der Waals surface area (Å²) in [6, 6.07) is 9.28. The predicted octanol–water partition coefficient (Wildman–Crippen LogP) is 2.32. The number of sulfonamides is 1. The van der Waals surface area contributed by atoms with E-state index in [1.54, 1.807) is 11.2 Å². The van der Waals surface area contributed by atoms with Crippen LogP contribution in [0.3, 0.4) is 0 Å². The average Bonchev–Trinajstić information content (AvgIpc) is 2.69. The fourth-order valence-corrected chi connectivity index (χ4v) is 5.94. The molecule has 0 aliphatic carbocycles. The van der Waals surface area contributed by atoms with Crippen LogP contribution in [0.2, 0.25) is 0 Å². The van der Waals surface area contributed by atoms with Gasteiger partial charge in [-0.15, -0.1) is 0 Å². The van der Waals surface area contributed by atoms with Crippen molar-refractivity contribution in [3.63, 3.8) is 0 Å². The molecule has 2 heterocycles. The normalized spacial score (nSPS) is 22.1. The molecular weight excluding hydrogens is 374 g/mol. The summed E-state index contributed by atoms with van der Waals surface area (Å²) in [5, 5.41) is 0. The molecule has 6 nitrogen and oxygen atoms in total. The van der Waals surface area contributed by atoms with E-state index in [0.717, 1.165) is 38.0 Å². The van der Waals surface area contributed by atoms with Gasteiger partial charge >= 0.3 is 0 Å². The summed E-state index contributed by atoms with van der Waals surface area (Å²) < 4.78 is 27.4. The molecule has 156 valence electrons. The second-order valence-corrected chi connectivity index (χ2v) is 9.98. The summed E-state index contributed by atoms with van der Waals surface area (Å²) in [5.41, 5.74) is 0.804. The van der Waals surface area contributed by atoms with Crippen LogP contribution in [-0.2, 0) is 20.6 Å². The smallest absolute Gasteiger partial charge is 0.219 e. The van der Waals surface area contributed by atoms with Gasteiger partial charge in [0.1, 0.15) is 0 Å². The SMILES string of the molecule is CC(=O)N(CCN1CCCCC1)C1CCCN(S(=O)(=O)Cc2ccccc2)C1. The summed E-state index contributed by atoms with van der Waals surface area (Å²) in [7, 11) is -3.38. The van der Waals surface area contributed by atoms with Crippen LogP contribution in [0.1, 0.15) is 44.6 Å². The van der Waals surface area contributed by atoms with Crippen LogP contribution in [0, 0.1) is 0 Å². The molecular formula is C21H33N3O3S. The standard InChI is InChI=1S/C21H33N3O3S/c1-19(25)24(16-15-22-12-6-3-7-13-22)21-11-8-14-23(17-21)28(26,27)18-20-9-4-2-5-10-20/h2,4-5,9-10,21H,3,6-8,11-18H2,1H3. The van der Waals surface area contributed by atoms with Crippen molar-refractivity contribution in [2.24, 2.45) is 0 Å². The van der Waals surface area contributed by atoms with E-state index in [-0.39, 0.29) is 17.7 Å². The maximum atomic E-state index is 12.9. The highest BCUT2D eigenvalue weighted by molar-refractivity contribution is 7.88. The summed E-state index contributed by atoms with van der Waals surface area (Å²) in [4.78, 5) is 16.6. The largest absolute Gasteiger partial charge is 0.337 e. The van der Waals surface area contributed by atoms with Gasteiger partial charge in [0.05, 0.1) is 5.75 Å². The Morgan fingerprint density at radius 3 is 2.46 bits per heavy atom. The third kappa shape index (κ3) is 5.78. The van der Waals surface area contributed by atoms with E-state index in [4.69, 9.17) is 0 Å². The lowest BCUT2D eigenvalue weighted by atomic mass is 10.1. The van der Waals surface area contributed by atoms with Crippen LogP contribution >= 0.6 is 0 Å². The molecule has 2 aliphatic heterocycles. The average molecular weight is 408 g/mol. The Labute approximate surface area is 169 Å². The van der Waals surface area contributed by atoms with E-state index in [0.29, 0.717) is 19.6 Å². The van der Waals surface area contributed by atoms with Crippen molar-refractivity contribution in [1.29, 1.82) is 0 Å². The van der Waals surface area contributed by atoms with E-state index < -0.39 is 10.0 Å². The highest BCUT2D eigenvalue weighted by Crippen LogP contribution is 2.21. The predicted molar refractivity (Wildman–Crippen MR) is 111 cm³/mol. The third-order valence-corrected chi connectivity index (χ3v) is 7.71. The van der Waals surface area contributed by atoms with Crippen molar-refractivity contribution in [1.82, 2.24) is 14.1 Å². The fourth-order valence-electron chi connectivity index (χ4n) is 4.33. The molecule has 1 atom stereocenters. The van der Waals surface area contributed by atoms with Gasteiger partial charge in [-0.25, -0.2) is 8.42 Å². The monoisotopic (exact) mass is 407 g/mol. The van der Waals surface area contributed by atoms with Gasteiger partial charge in [0, 0.05) is 39.1 Å². The first-order chi connectivity index (χ1) is 13.5. The molecule has 1 amide bonds. The van der Waals surface area contributed by atoms with E-state index in [2.05, 4.69) is 4.90 Å². The molecule has 1 aromatic carbocycles. The van der Waals surface area contributed by atoms with Gasteiger partial charge in [-0.1, -0.05) is 36.8 Å². The number of likely N-dealkylation sites (tertiary alicyclic amines) is 1. The van der Waals surface area contributed by atoms with Gasteiger partial charge in [0.25, 0.3) is 0 Å². The van der Waals surface area contributed by atoms with E-state index in [1.807, 2.05) is 35.2 Å². The molecule has 7 heteroatoms. The second kappa shape index (κ2) is 9.85. The molecule has 0 aromatic heterocycles. The zero-order valence-electron chi connectivity index (χ0n) is 16.9. The van der Waals surface area contributed by atoms with Crippen molar-refractivity contribution < 1.29 is 13.2 Å². The van der Waals surface area contributed by atoms with E-state index in [1.165, 1.54) is 19.3 Å². The maximum Gasteiger partial charge on any atom is 0.219 e. The van der Waals surface area contributed by atoms with Crippen molar-refractivity contribution >= 4 is 15.9 Å². The van der Waals surface area contributed by atoms with Crippen LogP contribution in [0.25, 0.3) is 0 Å². The van der Waals surface area contributed by atoms with Crippen LogP contribution in [-0.4, -0.2) is 73.7 Å². The lowest BCUT2D eigenvalue weighted by Crippen LogP contribution is -2.53. The van der Waals surface area contributed by atoms with Crippen LogP contribution in [0.4, 0.5) is 0 Å². The number of benzene rings is 1. The lowest BCUT2D eigenvalue weighted by Gasteiger charge is -2.39. The molecule has 28 heavy (non-hydrogen) atoms. The Balaban J connectivity index is 1.61. The molecule has 2 saturated heterocycles. The quantitative estimate of drug-likeness (QED) is 0.696. The fraction of sp³-hybridized carbons (Fsp3) is 0.667. The molecule has 2 aliphatic rings. The Hall–Kier alpha value is -1.44. The topological polar surface area (TPSA) is 60.9 Å². The zero-order chi connectivity index (χ0) is 20.0.